The molecule has 0 saturated heterocycles. The standard InChI is InChI=1S/C19H19F2NO3/c1-12(16-6-5-15(20)11-17(16)21)9-18(23)22-8-7-13-3-2-4-14(10-13)19(24)25/h2-6,10-12H,7-9H2,1H3,(H,22,23)(H,24,25). The molecule has 0 aliphatic rings. The first kappa shape index (κ1) is 18.6. The van der Waals surface area contributed by atoms with Crippen LogP contribution < -0.4 is 5.32 Å². The van der Waals surface area contributed by atoms with Crippen molar-refractivity contribution < 1.29 is 23.5 Å². The summed E-state index contributed by atoms with van der Waals surface area (Å²) in [4.78, 5) is 22.9. The van der Waals surface area contributed by atoms with Crippen LogP contribution in [0.3, 0.4) is 0 Å². The Labute approximate surface area is 144 Å². The molecule has 132 valence electrons. The Hall–Kier alpha value is -2.76. The van der Waals surface area contributed by atoms with Gasteiger partial charge in [0.1, 0.15) is 11.6 Å². The lowest BCUT2D eigenvalue weighted by Crippen LogP contribution is -2.27. The number of carbonyl (C=O) groups is 2. The summed E-state index contributed by atoms with van der Waals surface area (Å²) < 4.78 is 26.6. The first-order valence-corrected chi connectivity index (χ1v) is 7.90. The van der Waals surface area contributed by atoms with Gasteiger partial charge in [0.05, 0.1) is 5.56 Å². The third-order valence-electron chi connectivity index (χ3n) is 3.89. The second-order valence-electron chi connectivity index (χ2n) is 5.88. The summed E-state index contributed by atoms with van der Waals surface area (Å²) in [6.07, 6.45) is 0.573. The van der Waals surface area contributed by atoms with E-state index in [0.717, 1.165) is 11.6 Å². The van der Waals surface area contributed by atoms with Gasteiger partial charge in [0, 0.05) is 19.0 Å². The average Bonchev–Trinajstić information content (AvgIpc) is 2.54. The Morgan fingerprint density at radius 1 is 1.16 bits per heavy atom. The molecule has 25 heavy (non-hydrogen) atoms. The van der Waals surface area contributed by atoms with Gasteiger partial charge in [-0.2, -0.15) is 0 Å². The highest BCUT2D eigenvalue weighted by Gasteiger charge is 2.15. The van der Waals surface area contributed by atoms with Crippen molar-refractivity contribution in [1.82, 2.24) is 5.32 Å². The predicted octanol–water partition coefficient (Wildman–Crippen LogP) is 3.52. The third kappa shape index (κ3) is 5.38. The fourth-order valence-electron chi connectivity index (χ4n) is 2.57. The molecule has 0 bridgehead atoms. The minimum Gasteiger partial charge on any atom is -0.478 e. The van der Waals surface area contributed by atoms with Crippen LogP contribution in [-0.4, -0.2) is 23.5 Å². The van der Waals surface area contributed by atoms with Gasteiger partial charge in [0.15, 0.2) is 0 Å². The third-order valence-corrected chi connectivity index (χ3v) is 3.89. The number of carbonyl (C=O) groups excluding carboxylic acids is 1. The van der Waals surface area contributed by atoms with E-state index in [-0.39, 0.29) is 23.8 Å². The first-order chi connectivity index (χ1) is 11.9. The number of aromatic carboxylic acids is 1. The molecule has 2 rings (SSSR count). The Balaban J connectivity index is 1.84. The number of hydrogen-bond donors (Lipinski definition) is 2. The van der Waals surface area contributed by atoms with Gasteiger partial charge in [0.2, 0.25) is 5.91 Å². The zero-order chi connectivity index (χ0) is 18.4. The molecular weight excluding hydrogens is 328 g/mol. The molecule has 2 aromatic carbocycles. The maximum atomic E-state index is 13.7. The Kier molecular flexibility index (Phi) is 6.22. The molecule has 0 heterocycles. The first-order valence-electron chi connectivity index (χ1n) is 7.90. The summed E-state index contributed by atoms with van der Waals surface area (Å²) >= 11 is 0. The normalized spacial score (nSPS) is 11.8. The van der Waals surface area contributed by atoms with Crippen molar-refractivity contribution >= 4 is 11.9 Å². The zero-order valence-electron chi connectivity index (χ0n) is 13.8. The quantitative estimate of drug-likeness (QED) is 0.805. The van der Waals surface area contributed by atoms with Crippen molar-refractivity contribution in [2.45, 2.75) is 25.7 Å². The molecule has 2 N–H and O–H groups in total. The van der Waals surface area contributed by atoms with E-state index in [0.29, 0.717) is 18.5 Å². The van der Waals surface area contributed by atoms with Crippen LogP contribution in [-0.2, 0) is 11.2 Å². The summed E-state index contributed by atoms with van der Waals surface area (Å²) in [7, 11) is 0. The molecule has 0 saturated carbocycles. The molecule has 0 fully saturated rings. The molecule has 0 aliphatic heterocycles. The molecule has 2 aromatic rings. The molecule has 0 aromatic heterocycles. The SMILES string of the molecule is CC(CC(=O)NCCc1cccc(C(=O)O)c1)c1ccc(F)cc1F. The summed E-state index contributed by atoms with van der Waals surface area (Å²) in [5.41, 5.74) is 1.30. The highest BCUT2D eigenvalue weighted by molar-refractivity contribution is 5.87. The van der Waals surface area contributed by atoms with E-state index in [1.165, 1.54) is 18.2 Å². The van der Waals surface area contributed by atoms with Gasteiger partial charge in [-0.1, -0.05) is 25.1 Å². The number of carboxylic acid groups (broad SMARTS) is 1. The summed E-state index contributed by atoms with van der Waals surface area (Å²) in [5, 5.41) is 11.7. The van der Waals surface area contributed by atoms with Crippen molar-refractivity contribution in [1.29, 1.82) is 0 Å². The highest BCUT2D eigenvalue weighted by Crippen LogP contribution is 2.22. The molecule has 0 aliphatic carbocycles. The topological polar surface area (TPSA) is 66.4 Å². The molecule has 0 spiro atoms. The second kappa shape index (κ2) is 8.37. The smallest absolute Gasteiger partial charge is 0.335 e. The van der Waals surface area contributed by atoms with Gasteiger partial charge in [0.25, 0.3) is 0 Å². The molecule has 6 heteroatoms. The van der Waals surface area contributed by atoms with E-state index in [1.807, 2.05) is 0 Å². The van der Waals surface area contributed by atoms with Gasteiger partial charge in [-0.15, -0.1) is 0 Å². The lowest BCUT2D eigenvalue weighted by atomic mass is 9.97. The van der Waals surface area contributed by atoms with Gasteiger partial charge in [-0.25, -0.2) is 13.6 Å². The van der Waals surface area contributed by atoms with Crippen LogP contribution in [0.4, 0.5) is 8.78 Å². The van der Waals surface area contributed by atoms with E-state index in [4.69, 9.17) is 5.11 Å². The minimum atomic E-state index is -0.999. The van der Waals surface area contributed by atoms with Crippen molar-refractivity contribution in [2.24, 2.45) is 0 Å². The van der Waals surface area contributed by atoms with Crippen LogP contribution in [0.25, 0.3) is 0 Å². The van der Waals surface area contributed by atoms with Crippen LogP contribution in [0.2, 0.25) is 0 Å². The highest BCUT2D eigenvalue weighted by atomic mass is 19.1. The number of benzene rings is 2. The van der Waals surface area contributed by atoms with E-state index >= 15 is 0 Å². The fraction of sp³-hybridized carbons (Fsp3) is 0.263. The lowest BCUT2D eigenvalue weighted by Gasteiger charge is -2.13. The van der Waals surface area contributed by atoms with Crippen LogP contribution >= 0.6 is 0 Å². The van der Waals surface area contributed by atoms with Crippen LogP contribution in [0.5, 0.6) is 0 Å². The molecule has 0 radical (unpaired) electrons. The lowest BCUT2D eigenvalue weighted by molar-refractivity contribution is -0.121. The predicted molar refractivity (Wildman–Crippen MR) is 89.5 cm³/mol. The van der Waals surface area contributed by atoms with Crippen molar-refractivity contribution in [3.8, 4) is 0 Å². The minimum absolute atomic E-state index is 0.0811. The van der Waals surface area contributed by atoms with E-state index in [9.17, 15) is 18.4 Å². The Morgan fingerprint density at radius 2 is 1.92 bits per heavy atom. The van der Waals surface area contributed by atoms with Gasteiger partial charge >= 0.3 is 5.97 Å². The number of nitrogens with one attached hydrogen (secondary N) is 1. The number of hydrogen-bond acceptors (Lipinski definition) is 2. The summed E-state index contributed by atoms with van der Waals surface area (Å²) in [5.74, 6) is -2.94. The van der Waals surface area contributed by atoms with E-state index in [2.05, 4.69) is 5.32 Å². The zero-order valence-corrected chi connectivity index (χ0v) is 13.8. The van der Waals surface area contributed by atoms with Crippen molar-refractivity contribution in [3.63, 3.8) is 0 Å². The average molecular weight is 347 g/mol. The largest absolute Gasteiger partial charge is 0.478 e. The molecule has 4 nitrogen and oxygen atoms in total. The van der Waals surface area contributed by atoms with E-state index < -0.39 is 17.6 Å². The number of amides is 1. The van der Waals surface area contributed by atoms with Crippen LogP contribution in [0, 0.1) is 11.6 Å². The Bertz CT molecular complexity index is 777. The number of carboxylic acids is 1. The number of rotatable bonds is 7. The maximum Gasteiger partial charge on any atom is 0.335 e. The number of halogens is 2. The van der Waals surface area contributed by atoms with Crippen molar-refractivity contribution in [2.75, 3.05) is 6.54 Å². The van der Waals surface area contributed by atoms with Gasteiger partial charge in [-0.05, 0) is 41.7 Å². The van der Waals surface area contributed by atoms with Crippen LogP contribution in [0.15, 0.2) is 42.5 Å². The van der Waals surface area contributed by atoms with Gasteiger partial charge in [-0.3, -0.25) is 4.79 Å². The molecule has 1 atom stereocenters. The van der Waals surface area contributed by atoms with Crippen LogP contribution in [0.1, 0.15) is 40.7 Å². The summed E-state index contributed by atoms with van der Waals surface area (Å²) in [6, 6.07) is 9.82. The summed E-state index contributed by atoms with van der Waals surface area (Å²) in [6.45, 7) is 2.05. The molecule has 1 amide bonds. The second-order valence-corrected chi connectivity index (χ2v) is 5.88. The molecule has 1 unspecified atom stereocenters. The van der Waals surface area contributed by atoms with Gasteiger partial charge < -0.3 is 10.4 Å². The molecular formula is C19H19F2NO3. The maximum absolute atomic E-state index is 13.7. The van der Waals surface area contributed by atoms with E-state index in [1.54, 1.807) is 25.1 Å². The monoisotopic (exact) mass is 347 g/mol. The fourth-order valence-corrected chi connectivity index (χ4v) is 2.57. The van der Waals surface area contributed by atoms with Crippen molar-refractivity contribution in [3.05, 3.63) is 70.8 Å². The Morgan fingerprint density at radius 3 is 2.60 bits per heavy atom.